The molecule has 2 unspecified atom stereocenters. The molecule has 3 nitrogen and oxygen atoms in total. The Morgan fingerprint density at radius 2 is 1.59 bits per heavy atom. The summed E-state index contributed by atoms with van der Waals surface area (Å²) in [7, 11) is 0. The first-order valence-corrected chi connectivity index (χ1v) is 7.45. The third-order valence-electron chi connectivity index (χ3n) is 4.61. The van der Waals surface area contributed by atoms with Crippen molar-refractivity contribution in [2.24, 2.45) is 5.73 Å². The van der Waals surface area contributed by atoms with Crippen molar-refractivity contribution >= 4 is 0 Å². The second-order valence-electron chi connectivity index (χ2n) is 5.77. The lowest BCUT2D eigenvalue weighted by molar-refractivity contribution is 0.0854. The summed E-state index contributed by atoms with van der Waals surface area (Å²) in [5, 5.41) is 9.30. The molecule has 0 spiro atoms. The van der Waals surface area contributed by atoms with E-state index >= 15 is 0 Å². The summed E-state index contributed by atoms with van der Waals surface area (Å²) in [6, 6.07) is 1.54. The Hall–Kier alpha value is -0.120. The molecule has 0 aromatic rings. The van der Waals surface area contributed by atoms with Gasteiger partial charge in [0.1, 0.15) is 0 Å². The highest BCUT2D eigenvalue weighted by Gasteiger charge is 2.32. The molecule has 2 fully saturated rings. The second-order valence-corrected chi connectivity index (χ2v) is 5.77. The van der Waals surface area contributed by atoms with E-state index < -0.39 is 0 Å². The highest BCUT2D eigenvalue weighted by molar-refractivity contribution is 4.89. The maximum atomic E-state index is 9.30. The Morgan fingerprint density at radius 1 is 0.941 bits per heavy atom. The van der Waals surface area contributed by atoms with Crippen LogP contribution in [0.3, 0.4) is 0 Å². The maximum absolute atomic E-state index is 9.30. The molecule has 0 aromatic carbocycles. The molecule has 0 saturated heterocycles. The Bertz CT molecular complexity index is 216. The Morgan fingerprint density at radius 3 is 2.29 bits per heavy atom. The lowest BCUT2D eigenvalue weighted by Gasteiger charge is -2.38. The van der Waals surface area contributed by atoms with Crippen LogP contribution in [0.2, 0.25) is 0 Å². The zero-order chi connectivity index (χ0) is 12.1. The second kappa shape index (κ2) is 6.72. The average Bonchev–Trinajstić information content (AvgIpc) is 2.77. The van der Waals surface area contributed by atoms with Gasteiger partial charge in [-0.15, -0.1) is 0 Å². The van der Waals surface area contributed by atoms with E-state index in [9.17, 15) is 5.11 Å². The van der Waals surface area contributed by atoms with Gasteiger partial charge in [-0.1, -0.05) is 32.1 Å². The molecule has 2 rings (SSSR count). The minimum absolute atomic E-state index is 0.278. The van der Waals surface area contributed by atoms with Gasteiger partial charge in [0, 0.05) is 24.7 Å². The standard InChI is InChI=1S/C14H28N2O/c15-13-8-2-1-3-9-14(13)16(10-11-17)12-6-4-5-7-12/h12-14,17H,1-11,15H2. The minimum Gasteiger partial charge on any atom is -0.395 e. The van der Waals surface area contributed by atoms with Gasteiger partial charge in [0.05, 0.1) is 6.61 Å². The zero-order valence-electron chi connectivity index (χ0n) is 11.0. The van der Waals surface area contributed by atoms with Crippen LogP contribution in [0.25, 0.3) is 0 Å². The van der Waals surface area contributed by atoms with Crippen molar-refractivity contribution in [2.75, 3.05) is 13.2 Å². The lowest BCUT2D eigenvalue weighted by Crippen LogP contribution is -2.52. The first-order chi connectivity index (χ1) is 8.33. The van der Waals surface area contributed by atoms with Gasteiger partial charge in [-0.05, 0) is 25.7 Å². The van der Waals surface area contributed by atoms with Crippen molar-refractivity contribution in [3.8, 4) is 0 Å². The quantitative estimate of drug-likeness (QED) is 0.738. The SMILES string of the molecule is NC1CCCCCC1N(CCO)C1CCCC1. The number of aliphatic hydroxyl groups is 1. The molecule has 0 bridgehead atoms. The molecule has 3 N–H and O–H groups in total. The van der Waals surface area contributed by atoms with E-state index in [0.29, 0.717) is 18.1 Å². The molecule has 2 aliphatic rings. The first-order valence-electron chi connectivity index (χ1n) is 7.45. The van der Waals surface area contributed by atoms with Gasteiger partial charge in [-0.25, -0.2) is 0 Å². The average molecular weight is 240 g/mol. The topological polar surface area (TPSA) is 49.5 Å². The summed E-state index contributed by atoms with van der Waals surface area (Å²) in [5.74, 6) is 0. The van der Waals surface area contributed by atoms with Gasteiger partial charge in [0.15, 0.2) is 0 Å². The summed E-state index contributed by atoms with van der Waals surface area (Å²) in [4.78, 5) is 2.54. The maximum Gasteiger partial charge on any atom is 0.0558 e. The molecule has 0 heterocycles. The van der Waals surface area contributed by atoms with E-state index in [2.05, 4.69) is 4.90 Å². The van der Waals surface area contributed by atoms with Crippen molar-refractivity contribution in [3.05, 3.63) is 0 Å². The zero-order valence-corrected chi connectivity index (χ0v) is 11.0. The van der Waals surface area contributed by atoms with Crippen LogP contribution in [0.5, 0.6) is 0 Å². The molecule has 2 aliphatic carbocycles. The number of hydrogen-bond acceptors (Lipinski definition) is 3. The molecule has 2 atom stereocenters. The summed E-state index contributed by atoms with van der Waals surface area (Å²) >= 11 is 0. The Balaban J connectivity index is 2.01. The molecule has 0 radical (unpaired) electrons. The molecule has 0 aliphatic heterocycles. The largest absolute Gasteiger partial charge is 0.395 e. The monoisotopic (exact) mass is 240 g/mol. The summed E-state index contributed by atoms with van der Waals surface area (Å²) in [6.45, 7) is 1.10. The molecular weight excluding hydrogens is 212 g/mol. The summed E-state index contributed by atoms with van der Waals surface area (Å²) in [6.07, 6.45) is 11.7. The predicted octanol–water partition coefficient (Wildman–Crippen LogP) is 1.88. The fourth-order valence-electron chi connectivity index (χ4n) is 3.70. The number of aliphatic hydroxyl groups excluding tert-OH is 1. The van der Waals surface area contributed by atoms with Crippen LogP contribution >= 0.6 is 0 Å². The van der Waals surface area contributed by atoms with Gasteiger partial charge in [-0.2, -0.15) is 0 Å². The summed E-state index contributed by atoms with van der Waals surface area (Å²) in [5.41, 5.74) is 6.35. The summed E-state index contributed by atoms with van der Waals surface area (Å²) < 4.78 is 0. The van der Waals surface area contributed by atoms with Crippen molar-refractivity contribution < 1.29 is 5.11 Å². The van der Waals surface area contributed by atoms with E-state index in [1.54, 1.807) is 0 Å². The van der Waals surface area contributed by atoms with E-state index in [1.165, 1.54) is 57.8 Å². The van der Waals surface area contributed by atoms with Crippen LogP contribution in [-0.2, 0) is 0 Å². The van der Waals surface area contributed by atoms with Crippen LogP contribution in [0.1, 0.15) is 57.8 Å². The number of hydrogen-bond donors (Lipinski definition) is 2. The van der Waals surface area contributed by atoms with Crippen LogP contribution in [-0.4, -0.2) is 41.3 Å². The van der Waals surface area contributed by atoms with Crippen LogP contribution in [0, 0.1) is 0 Å². The first kappa shape index (κ1) is 13.3. The van der Waals surface area contributed by atoms with Crippen LogP contribution < -0.4 is 5.73 Å². The highest BCUT2D eigenvalue weighted by Crippen LogP contribution is 2.29. The van der Waals surface area contributed by atoms with Crippen molar-refractivity contribution in [2.45, 2.75) is 75.9 Å². The molecular formula is C14H28N2O. The van der Waals surface area contributed by atoms with Crippen LogP contribution in [0.15, 0.2) is 0 Å². The van der Waals surface area contributed by atoms with Gasteiger partial charge < -0.3 is 10.8 Å². The Kier molecular flexibility index (Phi) is 5.26. The molecule has 3 heteroatoms. The Labute approximate surface area is 105 Å². The van der Waals surface area contributed by atoms with Crippen molar-refractivity contribution in [3.63, 3.8) is 0 Å². The fourth-order valence-corrected chi connectivity index (χ4v) is 3.70. The molecule has 2 saturated carbocycles. The van der Waals surface area contributed by atoms with E-state index in [-0.39, 0.29) is 6.61 Å². The van der Waals surface area contributed by atoms with Crippen molar-refractivity contribution in [1.82, 2.24) is 4.90 Å². The fraction of sp³-hybridized carbons (Fsp3) is 1.00. The molecule has 100 valence electrons. The van der Waals surface area contributed by atoms with Gasteiger partial charge in [0.2, 0.25) is 0 Å². The smallest absolute Gasteiger partial charge is 0.0558 e. The van der Waals surface area contributed by atoms with Crippen molar-refractivity contribution in [1.29, 1.82) is 0 Å². The van der Waals surface area contributed by atoms with Gasteiger partial charge in [0.25, 0.3) is 0 Å². The van der Waals surface area contributed by atoms with E-state index in [0.717, 1.165) is 6.54 Å². The lowest BCUT2D eigenvalue weighted by atomic mass is 9.99. The van der Waals surface area contributed by atoms with Gasteiger partial charge in [-0.3, -0.25) is 4.90 Å². The molecule has 0 aromatic heterocycles. The number of nitrogens with zero attached hydrogens (tertiary/aromatic N) is 1. The predicted molar refractivity (Wildman–Crippen MR) is 70.9 cm³/mol. The van der Waals surface area contributed by atoms with E-state index in [4.69, 9.17) is 5.73 Å². The molecule has 0 amide bonds. The third kappa shape index (κ3) is 3.43. The van der Waals surface area contributed by atoms with E-state index in [1.807, 2.05) is 0 Å². The number of rotatable bonds is 4. The normalized spacial score (nSPS) is 31.9. The number of nitrogens with two attached hydrogens (primary N) is 1. The highest BCUT2D eigenvalue weighted by atomic mass is 16.3. The van der Waals surface area contributed by atoms with Crippen LogP contribution in [0.4, 0.5) is 0 Å². The molecule has 17 heavy (non-hydrogen) atoms. The van der Waals surface area contributed by atoms with Gasteiger partial charge >= 0.3 is 0 Å². The third-order valence-corrected chi connectivity index (χ3v) is 4.61. The minimum atomic E-state index is 0.278.